The highest BCUT2D eigenvalue weighted by molar-refractivity contribution is 5.67. The van der Waals surface area contributed by atoms with Crippen molar-refractivity contribution in [2.45, 2.75) is 18.8 Å². The summed E-state index contributed by atoms with van der Waals surface area (Å²) < 4.78 is 0. The second-order valence-corrected chi connectivity index (χ2v) is 5.01. The van der Waals surface area contributed by atoms with E-state index >= 15 is 0 Å². The van der Waals surface area contributed by atoms with E-state index in [4.69, 9.17) is 11.5 Å². The van der Waals surface area contributed by atoms with Crippen LogP contribution < -0.4 is 16.8 Å². The summed E-state index contributed by atoms with van der Waals surface area (Å²) in [4.78, 5) is 13.0. The van der Waals surface area contributed by atoms with Gasteiger partial charge >= 0.3 is 0 Å². The Morgan fingerprint density at radius 2 is 1.85 bits per heavy atom. The maximum Gasteiger partial charge on any atom is 0.166 e. The van der Waals surface area contributed by atoms with E-state index in [1.165, 1.54) is 0 Å². The standard InChI is InChI=1S/C14H18N6/c15-13-14(16)20-12(10-2-1-5-18-8-10)11(19-13)9-3-6-17-7-4-9/h3-4,6-7,10,18H,1-2,5,8H2,(H2,15,19)(H2,16,20). The van der Waals surface area contributed by atoms with Gasteiger partial charge in [-0.1, -0.05) is 0 Å². The van der Waals surface area contributed by atoms with Crippen molar-refractivity contribution in [3.8, 4) is 11.3 Å². The number of nitrogens with one attached hydrogen (secondary N) is 1. The van der Waals surface area contributed by atoms with Crippen LogP contribution in [0.2, 0.25) is 0 Å². The van der Waals surface area contributed by atoms with Crippen molar-refractivity contribution >= 4 is 11.6 Å². The summed E-state index contributed by atoms with van der Waals surface area (Å²) in [6.45, 7) is 1.95. The average Bonchev–Trinajstić information content (AvgIpc) is 2.51. The van der Waals surface area contributed by atoms with Crippen molar-refractivity contribution in [3.63, 3.8) is 0 Å². The van der Waals surface area contributed by atoms with Gasteiger partial charge in [0.05, 0.1) is 11.4 Å². The Kier molecular flexibility index (Phi) is 3.47. The predicted octanol–water partition coefficient (Wildman–Crippen LogP) is 1.17. The number of nitrogens with two attached hydrogens (primary N) is 2. The van der Waals surface area contributed by atoms with Crippen LogP contribution in [0.4, 0.5) is 11.6 Å². The lowest BCUT2D eigenvalue weighted by molar-refractivity contribution is 0.455. The topological polar surface area (TPSA) is 103 Å². The lowest BCUT2D eigenvalue weighted by Crippen LogP contribution is -2.29. The van der Waals surface area contributed by atoms with Crippen LogP contribution >= 0.6 is 0 Å². The molecule has 5 N–H and O–H groups in total. The molecule has 104 valence electrons. The summed E-state index contributed by atoms with van der Waals surface area (Å²) >= 11 is 0. The molecule has 3 heterocycles. The highest BCUT2D eigenvalue weighted by Gasteiger charge is 2.22. The second-order valence-electron chi connectivity index (χ2n) is 5.01. The van der Waals surface area contributed by atoms with Crippen LogP contribution in [0.3, 0.4) is 0 Å². The Bertz CT molecular complexity index is 592. The Balaban J connectivity index is 2.09. The van der Waals surface area contributed by atoms with Crippen LogP contribution in [0.1, 0.15) is 24.5 Å². The van der Waals surface area contributed by atoms with Gasteiger partial charge in [0.2, 0.25) is 0 Å². The van der Waals surface area contributed by atoms with E-state index in [0.717, 1.165) is 42.9 Å². The number of hydrogen-bond donors (Lipinski definition) is 3. The Morgan fingerprint density at radius 1 is 1.10 bits per heavy atom. The molecule has 0 aromatic carbocycles. The molecule has 1 unspecified atom stereocenters. The van der Waals surface area contributed by atoms with Gasteiger partial charge in [-0.25, -0.2) is 9.97 Å². The number of rotatable bonds is 2. The molecule has 3 rings (SSSR count). The summed E-state index contributed by atoms with van der Waals surface area (Å²) in [5.74, 6) is 0.912. The van der Waals surface area contributed by atoms with Gasteiger partial charge in [0.1, 0.15) is 0 Å². The van der Waals surface area contributed by atoms with Gasteiger partial charge in [-0.2, -0.15) is 0 Å². The molecule has 0 aliphatic carbocycles. The first-order valence-electron chi connectivity index (χ1n) is 6.79. The third kappa shape index (κ3) is 2.42. The van der Waals surface area contributed by atoms with Gasteiger partial charge in [0.25, 0.3) is 0 Å². The first-order valence-corrected chi connectivity index (χ1v) is 6.79. The van der Waals surface area contributed by atoms with E-state index in [0.29, 0.717) is 11.7 Å². The maximum absolute atomic E-state index is 5.84. The first-order chi connectivity index (χ1) is 9.75. The zero-order valence-corrected chi connectivity index (χ0v) is 11.2. The van der Waals surface area contributed by atoms with Crippen LogP contribution in [0.25, 0.3) is 11.3 Å². The zero-order chi connectivity index (χ0) is 13.9. The van der Waals surface area contributed by atoms with Crippen molar-refractivity contribution in [2.24, 2.45) is 0 Å². The summed E-state index contributed by atoms with van der Waals surface area (Å²) in [7, 11) is 0. The third-order valence-electron chi connectivity index (χ3n) is 3.62. The molecule has 1 aliphatic rings. The Hall–Kier alpha value is -2.21. The minimum Gasteiger partial charge on any atom is -0.381 e. The largest absolute Gasteiger partial charge is 0.381 e. The number of nitrogens with zero attached hydrogens (tertiary/aromatic N) is 3. The molecule has 6 nitrogen and oxygen atoms in total. The van der Waals surface area contributed by atoms with Crippen molar-refractivity contribution in [1.29, 1.82) is 0 Å². The molecule has 20 heavy (non-hydrogen) atoms. The van der Waals surface area contributed by atoms with E-state index in [1.54, 1.807) is 12.4 Å². The maximum atomic E-state index is 5.84. The number of aromatic nitrogens is 3. The fourth-order valence-electron chi connectivity index (χ4n) is 2.57. The van der Waals surface area contributed by atoms with E-state index in [-0.39, 0.29) is 5.82 Å². The number of piperidine rings is 1. The molecule has 0 amide bonds. The SMILES string of the molecule is Nc1nc(-c2ccncc2)c(C2CCCNC2)nc1N. The van der Waals surface area contributed by atoms with E-state index in [1.807, 2.05) is 12.1 Å². The molecule has 2 aromatic rings. The molecule has 0 spiro atoms. The van der Waals surface area contributed by atoms with Crippen LogP contribution in [-0.4, -0.2) is 28.0 Å². The van der Waals surface area contributed by atoms with Crippen LogP contribution in [-0.2, 0) is 0 Å². The van der Waals surface area contributed by atoms with E-state index < -0.39 is 0 Å². The lowest BCUT2D eigenvalue weighted by Gasteiger charge is -2.24. The van der Waals surface area contributed by atoms with E-state index in [2.05, 4.69) is 20.3 Å². The lowest BCUT2D eigenvalue weighted by atomic mass is 9.92. The molecule has 0 saturated carbocycles. The smallest absolute Gasteiger partial charge is 0.166 e. The van der Waals surface area contributed by atoms with Gasteiger partial charge in [-0.15, -0.1) is 0 Å². The van der Waals surface area contributed by atoms with Crippen LogP contribution in [0, 0.1) is 0 Å². The summed E-state index contributed by atoms with van der Waals surface area (Å²) in [5.41, 5.74) is 14.4. The normalized spacial score (nSPS) is 18.9. The van der Waals surface area contributed by atoms with Crippen LogP contribution in [0.5, 0.6) is 0 Å². The first kappa shape index (κ1) is 12.8. The predicted molar refractivity (Wildman–Crippen MR) is 78.9 cm³/mol. The highest BCUT2D eigenvalue weighted by atomic mass is 15.0. The van der Waals surface area contributed by atoms with Crippen molar-refractivity contribution < 1.29 is 0 Å². The molecule has 1 fully saturated rings. The summed E-state index contributed by atoms with van der Waals surface area (Å²) in [6, 6.07) is 3.83. The molecule has 0 radical (unpaired) electrons. The Morgan fingerprint density at radius 3 is 2.55 bits per heavy atom. The number of nitrogen functional groups attached to an aromatic ring is 2. The Labute approximate surface area is 117 Å². The van der Waals surface area contributed by atoms with Crippen molar-refractivity contribution in [3.05, 3.63) is 30.2 Å². The average molecular weight is 270 g/mol. The van der Waals surface area contributed by atoms with Crippen molar-refractivity contribution in [2.75, 3.05) is 24.6 Å². The zero-order valence-electron chi connectivity index (χ0n) is 11.2. The molecule has 0 bridgehead atoms. The number of hydrogen-bond acceptors (Lipinski definition) is 6. The molecule has 6 heteroatoms. The fraction of sp³-hybridized carbons (Fsp3) is 0.357. The minimum atomic E-state index is 0.282. The summed E-state index contributed by atoms with van der Waals surface area (Å²) in [6.07, 6.45) is 5.70. The van der Waals surface area contributed by atoms with Gasteiger partial charge < -0.3 is 16.8 Å². The third-order valence-corrected chi connectivity index (χ3v) is 3.62. The van der Waals surface area contributed by atoms with Gasteiger partial charge in [-0.3, -0.25) is 4.98 Å². The minimum absolute atomic E-state index is 0.282. The van der Waals surface area contributed by atoms with Gasteiger partial charge in [-0.05, 0) is 31.5 Å². The fourth-order valence-corrected chi connectivity index (χ4v) is 2.57. The van der Waals surface area contributed by atoms with Gasteiger partial charge in [0.15, 0.2) is 11.6 Å². The van der Waals surface area contributed by atoms with E-state index in [9.17, 15) is 0 Å². The molecule has 2 aromatic heterocycles. The van der Waals surface area contributed by atoms with Crippen molar-refractivity contribution in [1.82, 2.24) is 20.3 Å². The number of pyridine rings is 1. The molecular formula is C14H18N6. The monoisotopic (exact) mass is 270 g/mol. The quantitative estimate of drug-likeness (QED) is 0.757. The molecule has 1 atom stereocenters. The summed E-state index contributed by atoms with van der Waals surface area (Å²) in [5, 5.41) is 3.39. The van der Waals surface area contributed by atoms with Crippen LogP contribution in [0.15, 0.2) is 24.5 Å². The van der Waals surface area contributed by atoms with Gasteiger partial charge in [0, 0.05) is 30.4 Å². The highest BCUT2D eigenvalue weighted by Crippen LogP contribution is 2.31. The molecular weight excluding hydrogens is 252 g/mol. The molecule has 1 aliphatic heterocycles. The molecule has 1 saturated heterocycles. The number of anilines is 2. The second kappa shape index (κ2) is 5.42.